The van der Waals surface area contributed by atoms with E-state index in [1.54, 1.807) is 7.11 Å². The molecule has 6 heteroatoms. The molecule has 1 unspecified atom stereocenters. The summed E-state index contributed by atoms with van der Waals surface area (Å²) in [6.45, 7) is -0.227. The highest BCUT2D eigenvalue weighted by atomic mass is 16.6. The Labute approximate surface area is 162 Å². The number of para-hydroxylation sites is 1. The number of fused-ring (bicyclic) bond motifs is 1. The fourth-order valence-electron chi connectivity index (χ4n) is 3.48. The van der Waals surface area contributed by atoms with Crippen LogP contribution in [0, 0.1) is 10.1 Å². The number of hydrogen-bond donors (Lipinski definition) is 0. The van der Waals surface area contributed by atoms with Crippen LogP contribution in [0.25, 0.3) is 0 Å². The summed E-state index contributed by atoms with van der Waals surface area (Å²) >= 11 is 0. The molecule has 6 nitrogen and oxygen atoms in total. The number of methoxy groups -OCH3 is 1. The van der Waals surface area contributed by atoms with Gasteiger partial charge in [-0.05, 0) is 30.3 Å². The van der Waals surface area contributed by atoms with Crippen LogP contribution < -0.4 is 9.64 Å². The molecule has 1 heterocycles. The second kappa shape index (κ2) is 7.52. The average Bonchev–Trinajstić information content (AvgIpc) is 2.74. The largest absolute Gasteiger partial charge is 0.497 e. The molecule has 4 rings (SSSR count). The second-order valence-electron chi connectivity index (χ2n) is 6.46. The van der Waals surface area contributed by atoms with Gasteiger partial charge in [0.15, 0.2) is 0 Å². The number of rotatable bonds is 5. The van der Waals surface area contributed by atoms with Crippen molar-refractivity contribution in [1.29, 1.82) is 0 Å². The van der Waals surface area contributed by atoms with Crippen LogP contribution in [0.5, 0.6) is 5.75 Å². The van der Waals surface area contributed by atoms with E-state index < -0.39 is 6.04 Å². The predicted octanol–water partition coefficient (Wildman–Crippen LogP) is 4.61. The van der Waals surface area contributed by atoms with E-state index in [2.05, 4.69) is 0 Å². The van der Waals surface area contributed by atoms with E-state index in [-0.39, 0.29) is 11.5 Å². The van der Waals surface area contributed by atoms with Gasteiger partial charge in [0.25, 0.3) is 0 Å². The Bertz CT molecular complexity index is 1020. The Morgan fingerprint density at radius 1 is 1.00 bits per heavy atom. The highest BCUT2D eigenvalue weighted by Gasteiger charge is 2.35. The lowest BCUT2D eigenvalue weighted by molar-refractivity contribution is -0.483. The van der Waals surface area contributed by atoms with Crippen LogP contribution in [-0.2, 0) is 0 Å². The lowest BCUT2D eigenvalue weighted by Gasteiger charge is -2.36. The summed E-state index contributed by atoms with van der Waals surface area (Å²) in [6, 6.07) is 24.4. The first-order chi connectivity index (χ1) is 13.7. The van der Waals surface area contributed by atoms with Crippen LogP contribution in [0.4, 0.5) is 11.4 Å². The minimum atomic E-state index is -0.465. The molecule has 0 fully saturated rings. The molecule has 0 saturated carbocycles. The van der Waals surface area contributed by atoms with Gasteiger partial charge in [0, 0.05) is 21.7 Å². The molecule has 0 N–H and O–H groups in total. The second-order valence-corrected chi connectivity index (χ2v) is 6.46. The molecule has 140 valence electrons. The molecule has 0 saturated heterocycles. The topological polar surface area (TPSA) is 68.0 Å². The summed E-state index contributed by atoms with van der Waals surface area (Å²) in [5.74, 6) is 1.42. The zero-order chi connectivity index (χ0) is 19.5. The number of aliphatic imine (C=N–C) groups is 1. The van der Waals surface area contributed by atoms with E-state index in [0.29, 0.717) is 5.84 Å². The maximum Gasteiger partial charge on any atom is 0.228 e. The third-order valence-electron chi connectivity index (χ3n) is 4.77. The number of nitro groups is 1. The summed E-state index contributed by atoms with van der Waals surface area (Å²) in [7, 11) is 1.61. The number of amidine groups is 1. The van der Waals surface area contributed by atoms with E-state index in [1.165, 1.54) is 0 Å². The summed E-state index contributed by atoms with van der Waals surface area (Å²) in [4.78, 5) is 18.1. The Morgan fingerprint density at radius 3 is 2.36 bits per heavy atom. The highest BCUT2D eigenvalue weighted by Crippen LogP contribution is 2.39. The fraction of sp³-hybridized carbons (Fsp3) is 0.136. The molecule has 0 bridgehead atoms. The lowest BCUT2D eigenvalue weighted by Crippen LogP contribution is -2.41. The van der Waals surface area contributed by atoms with Gasteiger partial charge in [0.05, 0.1) is 12.8 Å². The van der Waals surface area contributed by atoms with Crippen LogP contribution in [0.1, 0.15) is 17.2 Å². The molecule has 0 spiro atoms. The third-order valence-corrected chi connectivity index (χ3v) is 4.77. The smallest absolute Gasteiger partial charge is 0.228 e. The maximum absolute atomic E-state index is 11.5. The number of nitrogens with zero attached hydrogens (tertiary/aromatic N) is 3. The number of benzene rings is 3. The molecular weight excluding hydrogens is 354 g/mol. The average molecular weight is 373 g/mol. The van der Waals surface area contributed by atoms with Gasteiger partial charge >= 0.3 is 0 Å². The van der Waals surface area contributed by atoms with Gasteiger partial charge in [-0.1, -0.05) is 48.5 Å². The standard InChI is InChI=1S/C22H19N3O3/c1-28-18-13-11-17(12-14-18)25-21(15-24(26)27)19-9-5-6-10-20(19)23-22(25)16-7-3-2-4-8-16/h2-14,21H,15H2,1H3. The molecule has 1 aliphatic rings. The Kier molecular flexibility index (Phi) is 4.76. The minimum absolute atomic E-state index is 0.227. The Balaban J connectivity index is 1.91. The van der Waals surface area contributed by atoms with Gasteiger partial charge in [0.2, 0.25) is 6.54 Å². The van der Waals surface area contributed by atoms with Gasteiger partial charge in [0.1, 0.15) is 17.6 Å². The monoisotopic (exact) mass is 373 g/mol. The molecule has 0 amide bonds. The molecule has 3 aromatic carbocycles. The van der Waals surface area contributed by atoms with Gasteiger partial charge in [-0.15, -0.1) is 0 Å². The molecule has 0 aliphatic carbocycles. The molecule has 0 radical (unpaired) electrons. The first kappa shape index (κ1) is 17.7. The number of anilines is 1. The lowest BCUT2D eigenvalue weighted by atomic mass is 9.98. The quantitative estimate of drug-likeness (QED) is 0.484. The molecule has 0 aromatic heterocycles. The molecule has 28 heavy (non-hydrogen) atoms. The Morgan fingerprint density at radius 2 is 1.68 bits per heavy atom. The van der Waals surface area contributed by atoms with Gasteiger partial charge in [-0.3, -0.25) is 10.1 Å². The molecule has 1 aliphatic heterocycles. The van der Waals surface area contributed by atoms with E-state index in [4.69, 9.17) is 9.73 Å². The maximum atomic E-state index is 11.5. The molecular formula is C22H19N3O3. The van der Waals surface area contributed by atoms with Crippen molar-refractivity contribution in [2.45, 2.75) is 6.04 Å². The minimum Gasteiger partial charge on any atom is -0.497 e. The van der Waals surface area contributed by atoms with Crippen molar-refractivity contribution in [1.82, 2.24) is 0 Å². The van der Waals surface area contributed by atoms with Crippen molar-refractivity contribution in [2.24, 2.45) is 4.99 Å². The molecule has 3 aromatic rings. The predicted molar refractivity (Wildman–Crippen MR) is 109 cm³/mol. The molecule has 1 atom stereocenters. The van der Waals surface area contributed by atoms with Gasteiger partial charge in [-0.2, -0.15) is 0 Å². The highest BCUT2D eigenvalue weighted by molar-refractivity contribution is 6.12. The normalized spacial score (nSPS) is 15.5. The SMILES string of the molecule is COc1ccc(N2C(c3ccccc3)=Nc3ccccc3C2C[N+](=O)[O-])cc1. The Hall–Kier alpha value is -3.67. The number of ether oxygens (including phenoxy) is 1. The van der Waals surface area contributed by atoms with Crippen molar-refractivity contribution >= 4 is 17.2 Å². The van der Waals surface area contributed by atoms with Crippen molar-refractivity contribution in [3.63, 3.8) is 0 Å². The van der Waals surface area contributed by atoms with Crippen LogP contribution in [0.15, 0.2) is 83.9 Å². The van der Waals surface area contributed by atoms with Gasteiger partial charge < -0.3 is 9.64 Å². The fourth-order valence-corrected chi connectivity index (χ4v) is 3.48. The zero-order valence-corrected chi connectivity index (χ0v) is 15.4. The van der Waals surface area contributed by atoms with Crippen LogP contribution in [0.3, 0.4) is 0 Å². The first-order valence-electron chi connectivity index (χ1n) is 8.95. The zero-order valence-electron chi connectivity index (χ0n) is 15.4. The van der Waals surface area contributed by atoms with E-state index in [1.807, 2.05) is 83.8 Å². The third kappa shape index (κ3) is 3.32. The van der Waals surface area contributed by atoms with E-state index >= 15 is 0 Å². The van der Waals surface area contributed by atoms with E-state index in [0.717, 1.165) is 28.3 Å². The van der Waals surface area contributed by atoms with Crippen molar-refractivity contribution in [2.75, 3.05) is 18.6 Å². The van der Waals surface area contributed by atoms with Crippen LogP contribution in [0.2, 0.25) is 0 Å². The first-order valence-corrected chi connectivity index (χ1v) is 8.95. The van der Waals surface area contributed by atoms with Crippen LogP contribution in [-0.4, -0.2) is 24.4 Å². The van der Waals surface area contributed by atoms with Crippen LogP contribution >= 0.6 is 0 Å². The van der Waals surface area contributed by atoms with E-state index in [9.17, 15) is 10.1 Å². The summed E-state index contributed by atoms with van der Waals surface area (Å²) in [5, 5.41) is 11.5. The van der Waals surface area contributed by atoms with Crippen molar-refractivity contribution in [3.8, 4) is 5.75 Å². The number of hydrogen-bond acceptors (Lipinski definition) is 5. The summed E-state index contributed by atoms with van der Waals surface area (Å²) in [5.41, 5.74) is 3.33. The van der Waals surface area contributed by atoms with Crippen molar-refractivity contribution < 1.29 is 9.66 Å². The summed E-state index contributed by atoms with van der Waals surface area (Å²) < 4.78 is 5.26. The van der Waals surface area contributed by atoms with Gasteiger partial charge in [-0.25, -0.2) is 4.99 Å². The van der Waals surface area contributed by atoms with Crippen molar-refractivity contribution in [3.05, 3.63) is 100 Å². The summed E-state index contributed by atoms with van der Waals surface area (Å²) in [6.07, 6.45) is 0.